The molecule has 3 rings (SSSR count). The van der Waals surface area contributed by atoms with Gasteiger partial charge in [0.05, 0.1) is 26.1 Å². The van der Waals surface area contributed by atoms with E-state index in [1.807, 2.05) is 6.08 Å². The molecule has 0 amide bonds. The highest BCUT2D eigenvalue weighted by Crippen LogP contribution is 2.38. The van der Waals surface area contributed by atoms with Gasteiger partial charge in [0.15, 0.2) is 0 Å². The third-order valence-electron chi connectivity index (χ3n) is 3.43. The number of thioether (sulfide) groups is 1. The van der Waals surface area contributed by atoms with Crippen molar-refractivity contribution in [1.29, 1.82) is 0 Å². The van der Waals surface area contributed by atoms with Gasteiger partial charge in [0.1, 0.15) is 0 Å². The molecule has 2 heterocycles. The van der Waals surface area contributed by atoms with Crippen LogP contribution in [0.15, 0.2) is 29.3 Å². The molecule has 1 aromatic heterocycles. The van der Waals surface area contributed by atoms with Crippen LogP contribution < -0.4 is 9.47 Å². The number of nitrogens with zero attached hydrogens (tertiary/aromatic N) is 2. The largest absolute Gasteiger partial charge is 0.477 e. The van der Waals surface area contributed by atoms with Gasteiger partial charge in [-0.15, -0.1) is 11.8 Å². The lowest BCUT2D eigenvalue weighted by molar-refractivity contribution is 0.151. The van der Waals surface area contributed by atoms with E-state index in [2.05, 4.69) is 9.97 Å². The molecule has 0 N–H and O–H groups in total. The van der Waals surface area contributed by atoms with Gasteiger partial charge < -0.3 is 9.47 Å². The van der Waals surface area contributed by atoms with Crippen molar-refractivity contribution >= 4 is 23.4 Å². The summed E-state index contributed by atoms with van der Waals surface area (Å²) in [4.78, 5) is 9.42. The number of aromatic nitrogens is 2. The smallest absolute Gasteiger partial charge is 0.278 e. The minimum Gasteiger partial charge on any atom is -0.477 e. The monoisotopic (exact) mass is 336 g/mol. The molecule has 1 aromatic carbocycles. The molecule has 0 unspecified atom stereocenters. The van der Waals surface area contributed by atoms with Crippen LogP contribution in [0.2, 0.25) is 0 Å². The molecule has 7 heteroatoms. The Hall–Kier alpha value is -2.15. The maximum atomic E-state index is 12.8. The third-order valence-corrected chi connectivity index (χ3v) is 4.55. The van der Waals surface area contributed by atoms with Crippen LogP contribution in [-0.4, -0.2) is 29.9 Å². The van der Waals surface area contributed by atoms with E-state index < -0.39 is 6.43 Å². The number of fused-ring (bicyclic) bond motifs is 1. The van der Waals surface area contributed by atoms with Crippen molar-refractivity contribution in [3.8, 4) is 11.8 Å². The number of hydrogen-bond acceptors (Lipinski definition) is 5. The number of hydrogen-bond donors (Lipinski definition) is 0. The van der Waals surface area contributed by atoms with Crippen LogP contribution in [0.4, 0.5) is 8.78 Å². The zero-order valence-electron chi connectivity index (χ0n) is 12.5. The third kappa shape index (κ3) is 3.14. The molecular weight excluding hydrogens is 322 g/mol. The van der Waals surface area contributed by atoms with E-state index in [4.69, 9.17) is 9.47 Å². The van der Waals surface area contributed by atoms with Crippen molar-refractivity contribution in [3.05, 3.63) is 41.2 Å². The molecule has 1 aliphatic heterocycles. The van der Waals surface area contributed by atoms with E-state index in [0.717, 1.165) is 16.0 Å². The Bertz CT molecular complexity index is 766. The Morgan fingerprint density at radius 2 is 1.96 bits per heavy atom. The second-order valence-corrected chi connectivity index (χ2v) is 5.85. The Morgan fingerprint density at radius 1 is 1.17 bits per heavy atom. The number of halogens is 2. The molecule has 0 fully saturated rings. The lowest BCUT2D eigenvalue weighted by atomic mass is 10.1. The van der Waals surface area contributed by atoms with Gasteiger partial charge in [0, 0.05) is 16.2 Å². The summed E-state index contributed by atoms with van der Waals surface area (Å²) in [6.07, 6.45) is 1.10. The molecule has 1 aliphatic rings. The number of alkyl halides is 2. The van der Waals surface area contributed by atoms with Gasteiger partial charge in [-0.05, 0) is 23.3 Å². The maximum Gasteiger partial charge on any atom is 0.278 e. The predicted octanol–water partition coefficient (Wildman–Crippen LogP) is 4.08. The standard InChI is InChI=1S/C16H14F2N2O2S/c1-21-15-16(22-2)20-12(7-19-15)11-5-9-3-4-10(14(17)18)6-13(9)23-8-11/h3-7,14H,8H2,1-2H3. The first-order chi connectivity index (χ1) is 11.1. The van der Waals surface area contributed by atoms with Crippen molar-refractivity contribution in [3.63, 3.8) is 0 Å². The summed E-state index contributed by atoms with van der Waals surface area (Å²) in [5.74, 6) is 1.26. The van der Waals surface area contributed by atoms with E-state index >= 15 is 0 Å². The second kappa shape index (κ2) is 6.54. The quantitative estimate of drug-likeness (QED) is 0.842. The molecule has 0 bridgehead atoms. The highest BCUT2D eigenvalue weighted by atomic mass is 32.2. The summed E-state index contributed by atoms with van der Waals surface area (Å²) in [7, 11) is 3.00. The molecule has 2 aromatic rings. The molecule has 0 atom stereocenters. The van der Waals surface area contributed by atoms with Gasteiger partial charge in [-0.2, -0.15) is 0 Å². The first kappa shape index (κ1) is 15.7. The second-order valence-electron chi connectivity index (χ2n) is 4.83. The van der Waals surface area contributed by atoms with Crippen molar-refractivity contribution in [1.82, 2.24) is 9.97 Å². The summed E-state index contributed by atoms with van der Waals surface area (Å²) in [6, 6.07) is 4.69. The van der Waals surface area contributed by atoms with E-state index in [9.17, 15) is 8.78 Å². The number of rotatable bonds is 4. The number of methoxy groups -OCH3 is 2. The highest BCUT2D eigenvalue weighted by Gasteiger charge is 2.18. The van der Waals surface area contributed by atoms with E-state index in [-0.39, 0.29) is 5.56 Å². The summed E-state index contributed by atoms with van der Waals surface area (Å²) in [5, 5.41) is 0. The average molecular weight is 336 g/mol. The minimum atomic E-state index is -2.46. The topological polar surface area (TPSA) is 44.2 Å². The first-order valence-corrected chi connectivity index (χ1v) is 7.81. The van der Waals surface area contributed by atoms with Gasteiger partial charge >= 0.3 is 0 Å². The lowest BCUT2D eigenvalue weighted by Gasteiger charge is -2.17. The molecule has 0 spiro atoms. The van der Waals surface area contributed by atoms with Crippen LogP contribution >= 0.6 is 11.8 Å². The average Bonchev–Trinajstić information content (AvgIpc) is 2.60. The molecule has 4 nitrogen and oxygen atoms in total. The molecule has 23 heavy (non-hydrogen) atoms. The van der Waals surface area contributed by atoms with Crippen molar-refractivity contribution in [2.75, 3.05) is 20.0 Å². The lowest BCUT2D eigenvalue weighted by Crippen LogP contribution is -2.03. The predicted molar refractivity (Wildman–Crippen MR) is 85.1 cm³/mol. The van der Waals surface area contributed by atoms with E-state index in [1.165, 1.54) is 38.1 Å². The molecule has 0 aliphatic carbocycles. The zero-order chi connectivity index (χ0) is 16.4. The van der Waals surface area contributed by atoms with Crippen molar-refractivity contribution in [2.24, 2.45) is 0 Å². The number of ether oxygens (including phenoxy) is 2. The van der Waals surface area contributed by atoms with Crippen LogP contribution in [0.25, 0.3) is 11.6 Å². The SMILES string of the molecule is COc1ncc(C2=Cc3ccc(C(F)F)cc3SC2)nc1OC. The Balaban J connectivity index is 1.96. The highest BCUT2D eigenvalue weighted by molar-refractivity contribution is 7.99. The van der Waals surface area contributed by atoms with Crippen molar-refractivity contribution < 1.29 is 18.3 Å². The van der Waals surface area contributed by atoms with Gasteiger partial charge in [-0.25, -0.2) is 18.7 Å². The Morgan fingerprint density at radius 3 is 2.65 bits per heavy atom. The summed E-state index contributed by atoms with van der Waals surface area (Å²) < 4.78 is 35.8. The fraction of sp³-hybridized carbons (Fsp3) is 0.250. The van der Waals surface area contributed by atoms with Crippen LogP contribution in [0.5, 0.6) is 11.8 Å². The Kier molecular flexibility index (Phi) is 4.47. The minimum absolute atomic E-state index is 0.0407. The molecule has 120 valence electrons. The normalized spacial score (nSPS) is 13.5. The van der Waals surface area contributed by atoms with Crippen LogP contribution in [0, 0.1) is 0 Å². The summed E-state index contributed by atoms with van der Waals surface area (Å²) >= 11 is 1.51. The van der Waals surface area contributed by atoms with Crippen molar-refractivity contribution in [2.45, 2.75) is 11.3 Å². The van der Waals surface area contributed by atoms with Gasteiger partial charge in [0.25, 0.3) is 18.2 Å². The molecule has 0 radical (unpaired) electrons. The summed E-state index contributed by atoms with van der Waals surface area (Å²) in [5.41, 5.74) is 2.58. The van der Waals surface area contributed by atoms with Crippen LogP contribution in [0.1, 0.15) is 23.2 Å². The molecule has 0 saturated carbocycles. The van der Waals surface area contributed by atoms with E-state index in [1.54, 1.807) is 12.3 Å². The first-order valence-electron chi connectivity index (χ1n) is 6.83. The Labute approximate surface area is 136 Å². The maximum absolute atomic E-state index is 12.8. The zero-order valence-corrected chi connectivity index (χ0v) is 13.4. The fourth-order valence-corrected chi connectivity index (χ4v) is 3.31. The van der Waals surface area contributed by atoms with Crippen LogP contribution in [-0.2, 0) is 0 Å². The van der Waals surface area contributed by atoms with Gasteiger partial charge in [-0.3, -0.25) is 0 Å². The molecular formula is C16H14F2N2O2S. The van der Waals surface area contributed by atoms with Gasteiger partial charge in [-0.1, -0.05) is 12.1 Å². The number of benzene rings is 1. The summed E-state index contributed by atoms with van der Waals surface area (Å²) in [6.45, 7) is 0. The fourth-order valence-electron chi connectivity index (χ4n) is 2.25. The van der Waals surface area contributed by atoms with Gasteiger partial charge in [0.2, 0.25) is 0 Å². The van der Waals surface area contributed by atoms with Crippen LogP contribution in [0.3, 0.4) is 0 Å². The van der Waals surface area contributed by atoms with E-state index in [0.29, 0.717) is 23.2 Å². The molecule has 0 saturated heterocycles.